The second-order valence-electron chi connectivity index (χ2n) is 5.30. The number of aryl methyl sites for hydroxylation is 2. The van der Waals surface area contributed by atoms with Crippen LogP contribution in [0.2, 0.25) is 0 Å². The lowest BCUT2D eigenvalue weighted by atomic mass is 10.1. The van der Waals surface area contributed by atoms with E-state index >= 15 is 0 Å². The number of nitrogens with zero attached hydrogens (tertiary/aromatic N) is 4. The summed E-state index contributed by atoms with van der Waals surface area (Å²) in [6, 6.07) is 14.9. The van der Waals surface area contributed by atoms with Gasteiger partial charge in [0.05, 0.1) is 5.69 Å². The van der Waals surface area contributed by atoms with Crippen molar-refractivity contribution in [2.75, 3.05) is 6.26 Å². The third kappa shape index (κ3) is 3.76. The van der Waals surface area contributed by atoms with Crippen LogP contribution in [0.5, 0.6) is 0 Å². The lowest BCUT2D eigenvalue weighted by Crippen LogP contribution is -2.01. The van der Waals surface area contributed by atoms with Gasteiger partial charge in [0.15, 0.2) is 0 Å². The Morgan fingerprint density at radius 1 is 1.04 bits per heavy atom. The Bertz CT molecular complexity index is 797. The van der Waals surface area contributed by atoms with E-state index in [-0.39, 0.29) is 0 Å². The predicted octanol–water partition coefficient (Wildman–Crippen LogP) is 4.29. The third-order valence-corrected chi connectivity index (χ3v) is 5.28. The Balaban J connectivity index is 1.78. The van der Waals surface area contributed by atoms with E-state index in [2.05, 4.69) is 78.1 Å². The van der Waals surface area contributed by atoms with E-state index in [4.69, 9.17) is 0 Å². The van der Waals surface area contributed by atoms with Crippen molar-refractivity contribution >= 4 is 23.5 Å². The van der Waals surface area contributed by atoms with Gasteiger partial charge in [-0.15, -0.1) is 16.9 Å². The summed E-state index contributed by atoms with van der Waals surface area (Å²) in [6.07, 6.45) is 2.09. The van der Waals surface area contributed by atoms with Crippen LogP contribution in [0.25, 0.3) is 5.69 Å². The van der Waals surface area contributed by atoms with Gasteiger partial charge in [-0.1, -0.05) is 41.6 Å². The summed E-state index contributed by atoms with van der Waals surface area (Å²) in [6.45, 7) is 4.17. The zero-order valence-corrected chi connectivity index (χ0v) is 15.0. The number of rotatable bonds is 5. The second-order valence-corrected chi connectivity index (χ2v) is 7.12. The van der Waals surface area contributed by atoms with E-state index in [1.165, 1.54) is 21.6 Å². The standard InChI is InChI=1S/C17H18N4S2/c1-12-4-9-16(13(2)10-12)21-17(18-19-20-21)23-11-14-5-7-15(22-3)8-6-14/h4-10H,11H2,1-3H3. The number of thioether (sulfide) groups is 2. The molecule has 0 aliphatic heterocycles. The molecule has 0 atom stereocenters. The lowest BCUT2D eigenvalue weighted by Gasteiger charge is -2.08. The van der Waals surface area contributed by atoms with Crippen molar-refractivity contribution in [2.45, 2.75) is 29.7 Å². The van der Waals surface area contributed by atoms with Crippen LogP contribution in [0, 0.1) is 13.8 Å². The van der Waals surface area contributed by atoms with E-state index in [0.29, 0.717) is 0 Å². The average molecular weight is 342 g/mol. The topological polar surface area (TPSA) is 43.6 Å². The second kappa shape index (κ2) is 7.19. The summed E-state index contributed by atoms with van der Waals surface area (Å²) in [7, 11) is 0. The first kappa shape index (κ1) is 16.1. The highest BCUT2D eigenvalue weighted by Gasteiger charge is 2.11. The van der Waals surface area contributed by atoms with Crippen LogP contribution in [0.1, 0.15) is 16.7 Å². The van der Waals surface area contributed by atoms with Gasteiger partial charge < -0.3 is 0 Å². The molecule has 2 aromatic carbocycles. The van der Waals surface area contributed by atoms with Gasteiger partial charge in [-0.05, 0) is 59.9 Å². The molecule has 0 radical (unpaired) electrons. The molecule has 4 nitrogen and oxygen atoms in total. The Kier molecular flexibility index (Phi) is 5.03. The molecule has 6 heteroatoms. The molecule has 0 N–H and O–H groups in total. The summed E-state index contributed by atoms with van der Waals surface area (Å²) in [5.74, 6) is 0.847. The van der Waals surface area contributed by atoms with E-state index in [1.807, 2.05) is 4.68 Å². The minimum atomic E-state index is 0.811. The third-order valence-electron chi connectivity index (χ3n) is 3.55. The summed E-state index contributed by atoms with van der Waals surface area (Å²) in [5.41, 5.74) is 4.70. The van der Waals surface area contributed by atoms with Crippen molar-refractivity contribution < 1.29 is 0 Å². The fraction of sp³-hybridized carbons (Fsp3) is 0.235. The normalized spacial score (nSPS) is 10.9. The number of aromatic nitrogens is 4. The minimum Gasteiger partial charge on any atom is -0.187 e. The monoisotopic (exact) mass is 342 g/mol. The van der Waals surface area contributed by atoms with Crippen LogP contribution in [-0.2, 0) is 5.75 Å². The Labute approximate surface area is 144 Å². The molecule has 0 unspecified atom stereocenters. The fourth-order valence-electron chi connectivity index (χ4n) is 2.33. The zero-order valence-electron chi connectivity index (χ0n) is 13.4. The van der Waals surface area contributed by atoms with Crippen LogP contribution >= 0.6 is 23.5 Å². The average Bonchev–Trinajstić information content (AvgIpc) is 3.01. The number of tetrazole rings is 1. The highest BCUT2D eigenvalue weighted by atomic mass is 32.2. The summed E-state index contributed by atoms with van der Waals surface area (Å²) in [5, 5.41) is 13.0. The fourth-order valence-corrected chi connectivity index (χ4v) is 3.58. The van der Waals surface area contributed by atoms with E-state index < -0.39 is 0 Å². The summed E-state index contributed by atoms with van der Waals surface area (Å²) < 4.78 is 1.82. The van der Waals surface area contributed by atoms with E-state index in [1.54, 1.807) is 23.5 Å². The maximum absolute atomic E-state index is 4.17. The quantitative estimate of drug-likeness (QED) is 0.647. The van der Waals surface area contributed by atoms with Crippen LogP contribution in [-0.4, -0.2) is 26.5 Å². The van der Waals surface area contributed by atoms with Crippen LogP contribution in [0.3, 0.4) is 0 Å². The molecular weight excluding hydrogens is 324 g/mol. The van der Waals surface area contributed by atoms with Gasteiger partial charge in [0, 0.05) is 10.6 Å². The lowest BCUT2D eigenvalue weighted by molar-refractivity contribution is 0.751. The first-order chi connectivity index (χ1) is 11.2. The SMILES string of the molecule is CSc1ccc(CSc2nnnn2-c2ccc(C)cc2C)cc1. The zero-order chi connectivity index (χ0) is 16.2. The first-order valence-corrected chi connectivity index (χ1v) is 9.50. The molecule has 118 valence electrons. The van der Waals surface area contributed by atoms with Gasteiger partial charge in [-0.3, -0.25) is 0 Å². The molecule has 0 amide bonds. The first-order valence-electron chi connectivity index (χ1n) is 7.29. The van der Waals surface area contributed by atoms with Crippen LogP contribution < -0.4 is 0 Å². The summed E-state index contributed by atoms with van der Waals surface area (Å²) in [4.78, 5) is 1.28. The molecule has 0 aliphatic rings. The van der Waals surface area contributed by atoms with Crippen molar-refractivity contribution in [2.24, 2.45) is 0 Å². The molecule has 1 heterocycles. The highest BCUT2D eigenvalue weighted by molar-refractivity contribution is 7.98. The van der Waals surface area contributed by atoms with Crippen molar-refractivity contribution in [3.8, 4) is 5.69 Å². The molecule has 0 fully saturated rings. The summed E-state index contributed by atoms with van der Waals surface area (Å²) >= 11 is 3.40. The van der Waals surface area contributed by atoms with Crippen LogP contribution in [0.4, 0.5) is 0 Å². The van der Waals surface area contributed by atoms with Crippen molar-refractivity contribution in [1.82, 2.24) is 20.2 Å². The molecule has 1 aromatic heterocycles. The van der Waals surface area contributed by atoms with Gasteiger partial charge in [0.2, 0.25) is 5.16 Å². The van der Waals surface area contributed by atoms with Crippen molar-refractivity contribution in [1.29, 1.82) is 0 Å². The van der Waals surface area contributed by atoms with Crippen molar-refractivity contribution in [3.63, 3.8) is 0 Å². The molecule has 23 heavy (non-hydrogen) atoms. The maximum Gasteiger partial charge on any atom is 0.214 e. The Morgan fingerprint density at radius 3 is 2.52 bits per heavy atom. The number of hydrogen-bond donors (Lipinski definition) is 0. The molecule has 0 saturated heterocycles. The molecule has 0 spiro atoms. The Morgan fingerprint density at radius 2 is 1.83 bits per heavy atom. The molecule has 3 rings (SSSR count). The van der Waals surface area contributed by atoms with Gasteiger partial charge in [0.25, 0.3) is 0 Å². The highest BCUT2D eigenvalue weighted by Crippen LogP contribution is 2.25. The Hall–Kier alpha value is -1.79. The van der Waals surface area contributed by atoms with Crippen molar-refractivity contribution in [3.05, 3.63) is 59.2 Å². The van der Waals surface area contributed by atoms with Gasteiger partial charge in [0.1, 0.15) is 0 Å². The smallest absolute Gasteiger partial charge is 0.187 e. The maximum atomic E-state index is 4.17. The minimum absolute atomic E-state index is 0.811. The van der Waals surface area contributed by atoms with E-state index in [9.17, 15) is 0 Å². The largest absolute Gasteiger partial charge is 0.214 e. The van der Waals surface area contributed by atoms with E-state index in [0.717, 1.165) is 16.6 Å². The van der Waals surface area contributed by atoms with Gasteiger partial charge in [-0.25, -0.2) is 0 Å². The molecule has 0 saturated carbocycles. The molecule has 3 aromatic rings. The predicted molar refractivity (Wildman–Crippen MR) is 96.4 cm³/mol. The number of hydrogen-bond acceptors (Lipinski definition) is 5. The molecule has 0 bridgehead atoms. The van der Waals surface area contributed by atoms with Gasteiger partial charge in [-0.2, -0.15) is 4.68 Å². The number of benzene rings is 2. The van der Waals surface area contributed by atoms with Gasteiger partial charge >= 0.3 is 0 Å². The van der Waals surface area contributed by atoms with Crippen LogP contribution in [0.15, 0.2) is 52.5 Å². The molecular formula is C17H18N4S2. The molecule has 0 aliphatic carbocycles.